The van der Waals surface area contributed by atoms with Crippen molar-refractivity contribution in [1.82, 2.24) is 0 Å². The molecule has 2 aromatic carbocycles. The van der Waals surface area contributed by atoms with Crippen molar-refractivity contribution >= 4 is 5.69 Å². The summed E-state index contributed by atoms with van der Waals surface area (Å²) in [7, 11) is 0. The van der Waals surface area contributed by atoms with E-state index >= 15 is 0 Å². The van der Waals surface area contributed by atoms with Crippen molar-refractivity contribution in [2.24, 2.45) is 0 Å². The summed E-state index contributed by atoms with van der Waals surface area (Å²) in [5.74, 6) is -0.229. The third kappa shape index (κ3) is 2.19. The highest BCUT2D eigenvalue weighted by molar-refractivity contribution is 5.53. The molecule has 0 saturated heterocycles. The zero-order valence-corrected chi connectivity index (χ0v) is 10.7. The number of fused-ring (bicyclic) bond motifs is 1. The lowest BCUT2D eigenvalue weighted by Crippen LogP contribution is -2.07. The molecule has 0 spiro atoms. The SMILES string of the molecule is N#Cc1cc(NC2CCc3cc(O)ccc32)ccc1F. The summed E-state index contributed by atoms with van der Waals surface area (Å²) >= 11 is 0. The summed E-state index contributed by atoms with van der Waals surface area (Å²) in [5, 5.41) is 21.6. The molecule has 1 aliphatic carbocycles. The van der Waals surface area contributed by atoms with Crippen LogP contribution in [0, 0.1) is 17.1 Å². The van der Waals surface area contributed by atoms with E-state index in [1.54, 1.807) is 18.2 Å². The van der Waals surface area contributed by atoms with E-state index in [4.69, 9.17) is 5.26 Å². The van der Waals surface area contributed by atoms with Gasteiger partial charge in [0.15, 0.2) is 0 Å². The van der Waals surface area contributed by atoms with Crippen LogP contribution in [0.25, 0.3) is 0 Å². The molecule has 0 amide bonds. The molecule has 0 fully saturated rings. The van der Waals surface area contributed by atoms with Crippen LogP contribution in [0.5, 0.6) is 5.75 Å². The molecule has 2 N–H and O–H groups in total. The van der Waals surface area contributed by atoms with Gasteiger partial charge in [0.05, 0.1) is 11.6 Å². The zero-order chi connectivity index (χ0) is 14.1. The molecule has 0 aromatic heterocycles. The van der Waals surface area contributed by atoms with Gasteiger partial charge in [0.1, 0.15) is 17.6 Å². The molecule has 20 heavy (non-hydrogen) atoms. The van der Waals surface area contributed by atoms with Gasteiger partial charge in [-0.05, 0) is 54.3 Å². The fourth-order valence-electron chi connectivity index (χ4n) is 2.66. The van der Waals surface area contributed by atoms with Crippen molar-refractivity contribution in [2.75, 3.05) is 5.32 Å². The second-order valence-corrected chi connectivity index (χ2v) is 4.93. The molecule has 1 unspecified atom stereocenters. The predicted octanol–water partition coefficient (Wildman–Crippen LogP) is 3.50. The Bertz CT molecular complexity index is 706. The number of phenolic OH excluding ortho intramolecular Hbond substituents is 1. The van der Waals surface area contributed by atoms with Crippen LogP contribution in [-0.2, 0) is 6.42 Å². The highest BCUT2D eigenvalue weighted by atomic mass is 19.1. The number of hydrogen-bond donors (Lipinski definition) is 2. The van der Waals surface area contributed by atoms with Crippen LogP contribution in [0.15, 0.2) is 36.4 Å². The van der Waals surface area contributed by atoms with Gasteiger partial charge in [0.2, 0.25) is 0 Å². The van der Waals surface area contributed by atoms with Crippen molar-refractivity contribution in [1.29, 1.82) is 5.26 Å². The van der Waals surface area contributed by atoms with E-state index in [0.29, 0.717) is 0 Å². The number of hydrogen-bond acceptors (Lipinski definition) is 3. The number of nitrogens with one attached hydrogen (secondary N) is 1. The van der Waals surface area contributed by atoms with Gasteiger partial charge >= 0.3 is 0 Å². The van der Waals surface area contributed by atoms with Gasteiger partial charge in [-0.2, -0.15) is 5.26 Å². The molecule has 4 heteroatoms. The van der Waals surface area contributed by atoms with Crippen LogP contribution in [-0.4, -0.2) is 5.11 Å². The maximum atomic E-state index is 13.3. The first kappa shape index (κ1) is 12.5. The van der Waals surface area contributed by atoms with Crippen molar-refractivity contribution in [3.05, 3.63) is 58.9 Å². The van der Waals surface area contributed by atoms with Gasteiger partial charge < -0.3 is 10.4 Å². The fourth-order valence-corrected chi connectivity index (χ4v) is 2.66. The molecule has 0 bridgehead atoms. The average Bonchev–Trinajstić information content (AvgIpc) is 2.83. The zero-order valence-electron chi connectivity index (χ0n) is 10.7. The van der Waals surface area contributed by atoms with Crippen LogP contribution < -0.4 is 5.32 Å². The third-order valence-electron chi connectivity index (χ3n) is 3.63. The Morgan fingerprint density at radius 2 is 2.10 bits per heavy atom. The molecule has 0 radical (unpaired) electrons. The number of phenols is 1. The number of nitriles is 1. The molecule has 3 rings (SSSR count). The van der Waals surface area contributed by atoms with E-state index in [1.165, 1.54) is 12.1 Å². The summed E-state index contributed by atoms with van der Waals surface area (Å²) in [6.45, 7) is 0. The van der Waals surface area contributed by atoms with E-state index in [9.17, 15) is 9.50 Å². The van der Waals surface area contributed by atoms with Gasteiger partial charge in [-0.15, -0.1) is 0 Å². The molecule has 1 atom stereocenters. The number of benzene rings is 2. The minimum absolute atomic E-state index is 0.0407. The fraction of sp³-hybridized carbons (Fsp3) is 0.188. The summed E-state index contributed by atoms with van der Waals surface area (Å²) in [5.41, 5.74) is 3.04. The maximum absolute atomic E-state index is 13.3. The van der Waals surface area contributed by atoms with Crippen molar-refractivity contribution < 1.29 is 9.50 Å². The van der Waals surface area contributed by atoms with E-state index in [1.807, 2.05) is 12.1 Å². The summed E-state index contributed by atoms with van der Waals surface area (Å²) in [6.07, 6.45) is 1.81. The Balaban J connectivity index is 1.86. The summed E-state index contributed by atoms with van der Waals surface area (Å²) < 4.78 is 13.3. The van der Waals surface area contributed by atoms with Gasteiger partial charge in [-0.25, -0.2) is 4.39 Å². The minimum atomic E-state index is -0.505. The quantitative estimate of drug-likeness (QED) is 0.876. The van der Waals surface area contributed by atoms with Crippen LogP contribution in [0.2, 0.25) is 0 Å². The number of aromatic hydroxyl groups is 1. The number of nitrogens with zero attached hydrogens (tertiary/aromatic N) is 1. The first-order valence-electron chi connectivity index (χ1n) is 6.45. The lowest BCUT2D eigenvalue weighted by atomic mass is 10.1. The minimum Gasteiger partial charge on any atom is -0.508 e. The van der Waals surface area contributed by atoms with E-state index in [0.717, 1.165) is 29.7 Å². The Morgan fingerprint density at radius 1 is 1.25 bits per heavy atom. The first-order chi connectivity index (χ1) is 9.67. The molecule has 2 aromatic rings. The normalized spacial score (nSPS) is 16.5. The monoisotopic (exact) mass is 268 g/mol. The smallest absolute Gasteiger partial charge is 0.141 e. The second kappa shape index (κ2) is 4.86. The number of aryl methyl sites for hydroxylation is 1. The average molecular weight is 268 g/mol. The Labute approximate surface area is 116 Å². The summed E-state index contributed by atoms with van der Waals surface area (Å²) in [6, 6.07) is 11.8. The van der Waals surface area contributed by atoms with Gasteiger partial charge in [-0.1, -0.05) is 6.07 Å². The van der Waals surface area contributed by atoms with E-state index < -0.39 is 5.82 Å². The van der Waals surface area contributed by atoms with Crippen LogP contribution in [0.4, 0.5) is 10.1 Å². The van der Waals surface area contributed by atoms with Crippen LogP contribution in [0.3, 0.4) is 0 Å². The molecule has 100 valence electrons. The topological polar surface area (TPSA) is 56.0 Å². The molecule has 0 aliphatic heterocycles. The lowest BCUT2D eigenvalue weighted by molar-refractivity contribution is 0.474. The maximum Gasteiger partial charge on any atom is 0.141 e. The highest BCUT2D eigenvalue weighted by Gasteiger charge is 2.22. The molecule has 1 aliphatic rings. The van der Waals surface area contributed by atoms with E-state index in [2.05, 4.69) is 5.32 Å². The largest absolute Gasteiger partial charge is 0.508 e. The van der Waals surface area contributed by atoms with Crippen molar-refractivity contribution in [2.45, 2.75) is 18.9 Å². The lowest BCUT2D eigenvalue weighted by Gasteiger charge is -2.16. The number of rotatable bonds is 2. The first-order valence-corrected chi connectivity index (χ1v) is 6.45. The Morgan fingerprint density at radius 3 is 2.90 bits per heavy atom. The molecule has 3 nitrogen and oxygen atoms in total. The number of halogens is 1. The highest BCUT2D eigenvalue weighted by Crippen LogP contribution is 2.35. The predicted molar refractivity (Wildman–Crippen MR) is 73.9 cm³/mol. The van der Waals surface area contributed by atoms with E-state index in [-0.39, 0.29) is 17.4 Å². The second-order valence-electron chi connectivity index (χ2n) is 4.93. The van der Waals surface area contributed by atoms with Gasteiger partial charge in [0.25, 0.3) is 0 Å². The molecule has 0 saturated carbocycles. The third-order valence-corrected chi connectivity index (χ3v) is 3.63. The van der Waals surface area contributed by atoms with Gasteiger partial charge in [0, 0.05) is 5.69 Å². The Hall–Kier alpha value is -2.54. The summed E-state index contributed by atoms with van der Waals surface area (Å²) in [4.78, 5) is 0. The Kier molecular flexibility index (Phi) is 3.03. The molecule has 0 heterocycles. The van der Waals surface area contributed by atoms with Crippen molar-refractivity contribution in [3.63, 3.8) is 0 Å². The molecular weight excluding hydrogens is 255 g/mol. The molecular formula is C16H13FN2O. The standard InChI is InChI=1S/C16H13FN2O/c17-15-5-2-12(7-11(15)9-18)19-16-6-1-10-8-13(20)3-4-14(10)16/h2-5,7-8,16,19-20H,1,6H2. The number of anilines is 1. The van der Waals surface area contributed by atoms with Gasteiger partial charge in [-0.3, -0.25) is 0 Å². The van der Waals surface area contributed by atoms with Crippen LogP contribution >= 0.6 is 0 Å². The van der Waals surface area contributed by atoms with Crippen LogP contribution in [0.1, 0.15) is 29.2 Å². The van der Waals surface area contributed by atoms with Crippen molar-refractivity contribution in [3.8, 4) is 11.8 Å².